The molecule has 0 spiro atoms. The lowest BCUT2D eigenvalue weighted by atomic mass is 10.0. The highest BCUT2D eigenvalue weighted by Gasteiger charge is 2.29. The van der Waals surface area contributed by atoms with Gasteiger partial charge in [-0.1, -0.05) is 0 Å². The van der Waals surface area contributed by atoms with E-state index in [0.717, 1.165) is 6.33 Å². The van der Waals surface area contributed by atoms with Gasteiger partial charge in [-0.25, -0.2) is 9.97 Å². The van der Waals surface area contributed by atoms with Crippen LogP contribution in [0.25, 0.3) is 22.0 Å². The van der Waals surface area contributed by atoms with Gasteiger partial charge < -0.3 is 14.8 Å². The Hall–Kier alpha value is -3.10. The summed E-state index contributed by atoms with van der Waals surface area (Å²) in [7, 11) is 0. The zero-order chi connectivity index (χ0) is 17.3. The summed E-state index contributed by atoms with van der Waals surface area (Å²) in [5, 5.41) is 10.1. The summed E-state index contributed by atoms with van der Waals surface area (Å²) in [6.07, 6.45) is -2.09. The van der Waals surface area contributed by atoms with Gasteiger partial charge in [-0.15, -0.1) is 0 Å². The molecule has 0 aliphatic rings. The maximum Gasteiger partial charge on any atom is 0.422 e. The van der Waals surface area contributed by atoms with Crippen LogP contribution in [0.2, 0.25) is 0 Å². The standard InChI is InChI=1S/C15H10F3N3O3/c16-15(17,18)6-24-14-9(2-1-3-19-14)8-4-10-12(11(22)5-8)20-7-21-13(10)23/h1-5,7,22H,6H2,(H,20,21,23). The van der Waals surface area contributed by atoms with Crippen molar-refractivity contribution < 1.29 is 23.0 Å². The molecule has 124 valence electrons. The predicted octanol–water partition coefficient (Wildman–Crippen LogP) is 2.63. The van der Waals surface area contributed by atoms with Gasteiger partial charge in [-0.05, 0) is 29.8 Å². The van der Waals surface area contributed by atoms with Crippen LogP contribution in [0, 0.1) is 0 Å². The number of phenolic OH excluding ortho intramolecular Hbond substituents is 1. The Morgan fingerprint density at radius 1 is 1.25 bits per heavy atom. The fourth-order valence-corrected chi connectivity index (χ4v) is 2.19. The summed E-state index contributed by atoms with van der Waals surface area (Å²) in [4.78, 5) is 21.9. The lowest BCUT2D eigenvalue weighted by Gasteiger charge is -2.12. The number of aromatic amines is 1. The SMILES string of the molecule is O=c1[nH]cnc2c(O)cc(-c3cccnc3OCC(F)(F)F)cc12. The maximum absolute atomic E-state index is 12.4. The summed E-state index contributed by atoms with van der Waals surface area (Å²) in [6, 6.07) is 5.67. The average Bonchev–Trinajstić information content (AvgIpc) is 2.53. The van der Waals surface area contributed by atoms with E-state index in [-0.39, 0.29) is 33.7 Å². The molecule has 0 amide bonds. The van der Waals surface area contributed by atoms with Gasteiger partial charge in [0, 0.05) is 11.8 Å². The molecule has 24 heavy (non-hydrogen) atoms. The second-order valence-electron chi connectivity index (χ2n) is 4.88. The van der Waals surface area contributed by atoms with Crippen LogP contribution in [0.3, 0.4) is 0 Å². The Bertz CT molecular complexity index is 954. The zero-order valence-electron chi connectivity index (χ0n) is 12.0. The second kappa shape index (κ2) is 5.84. The lowest BCUT2D eigenvalue weighted by molar-refractivity contribution is -0.154. The number of hydrogen-bond acceptors (Lipinski definition) is 5. The summed E-state index contributed by atoms with van der Waals surface area (Å²) in [5.74, 6) is -0.534. The maximum atomic E-state index is 12.4. The molecule has 2 heterocycles. The van der Waals surface area contributed by atoms with E-state index in [1.807, 2.05) is 0 Å². The summed E-state index contributed by atoms with van der Waals surface area (Å²) in [6.45, 7) is -1.50. The van der Waals surface area contributed by atoms with Crippen molar-refractivity contribution in [2.45, 2.75) is 6.18 Å². The van der Waals surface area contributed by atoms with Crippen LogP contribution in [0.15, 0.2) is 41.6 Å². The van der Waals surface area contributed by atoms with E-state index >= 15 is 0 Å². The van der Waals surface area contributed by atoms with Gasteiger partial charge in [-0.3, -0.25) is 4.79 Å². The predicted molar refractivity (Wildman–Crippen MR) is 78.8 cm³/mol. The Labute approximate surface area is 132 Å². The van der Waals surface area contributed by atoms with E-state index in [1.165, 1.54) is 30.5 Å². The first-order chi connectivity index (χ1) is 11.3. The van der Waals surface area contributed by atoms with Crippen LogP contribution in [-0.4, -0.2) is 32.8 Å². The molecule has 9 heteroatoms. The third kappa shape index (κ3) is 3.14. The highest BCUT2D eigenvalue weighted by Crippen LogP contribution is 2.33. The molecule has 0 atom stereocenters. The molecular formula is C15H10F3N3O3. The number of nitrogens with zero attached hydrogens (tertiary/aromatic N) is 2. The molecule has 0 aliphatic carbocycles. The number of rotatable bonds is 3. The van der Waals surface area contributed by atoms with Crippen LogP contribution in [0.5, 0.6) is 11.6 Å². The van der Waals surface area contributed by atoms with E-state index < -0.39 is 18.3 Å². The Morgan fingerprint density at radius 3 is 2.79 bits per heavy atom. The van der Waals surface area contributed by atoms with Crippen LogP contribution >= 0.6 is 0 Å². The van der Waals surface area contributed by atoms with Crippen LogP contribution < -0.4 is 10.3 Å². The fraction of sp³-hybridized carbons (Fsp3) is 0.133. The van der Waals surface area contributed by atoms with Crippen molar-refractivity contribution >= 4 is 10.9 Å². The zero-order valence-corrected chi connectivity index (χ0v) is 12.0. The molecule has 0 saturated heterocycles. The molecule has 0 bridgehead atoms. The fourth-order valence-electron chi connectivity index (χ4n) is 2.19. The number of halogens is 3. The molecule has 0 radical (unpaired) electrons. The number of alkyl halides is 3. The number of benzene rings is 1. The summed E-state index contributed by atoms with van der Waals surface area (Å²) < 4.78 is 41.8. The van der Waals surface area contributed by atoms with Crippen molar-refractivity contribution in [2.75, 3.05) is 6.61 Å². The number of aromatic hydroxyl groups is 1. The highest BCUT2D eigenvalue weighted by atomic mass is 19.4. The van der Waals surface area contributed by atoms with Crippen molar-refractivity contribution in [2.24, 2.45) is 0 Å². The normalized spacial score (nSPS) is 11.6. The van der Waals surface area contributed by atoms with Gasteiger partial charge in [0.1, 0.15) is 11.3 Å². The van der Waals surface area contributed by atoms with Crippen LogP contribution in [0.4, 0.5) is 13.2 Å². The number of fused-ring (bicyclic) bond motifs is 1. The minimum Gasteiger partial charge on any atom is -0.506 e. The second-order valence-corrected chi connectivity index (χ2v) is 4.88. The van der Waals surface area contributed by atoms with E-state index in [9.17, 15) is 23.1 Å². The number of ether oxygens (including phenoxy) is 1. The molecule has 1 aromatic carbocycles. The van der Waals surface area contributed by atoms with Gasteiger partial charge in [0.15, 0.2) is 6.61 Å². The summed E-state index contributed by atoms with van der Waals surface area (Å²) >= 11 is 0. The van der Waals surface area contributed by atoms with Crippen molar-refractivity contribution in [3.63, 3.8) is 0 Å². The van der Waals surface area contributed by atoms with Gasteiger partial charge in [-0.2, -0.15) is 13.2 Å². The van der Waals surface area contributed by atoms with E-state index in [4.69, 9.17) is 4.74 Å². The molecule has 2 aromatic heterocycles. The van der Waals surface area contributed by atoms with Crippen molar-refractivity contribution in [3.8, 4) is 22.8 Å². The van der Waals surface area contributed by atoms with E-state index in [2.05, 4.69) is 15.0 Å². The van der Waals surface area contributed by atoms with E-state index in [1.54, 1.807) is 0 Å². The molecule has 0 unspecified atom stereocenters. The first-order valence-corrected chi connectivity index (χ1v) is 6.70. The van der Waals surface area contributed by atoms with Crippen molar-refractivity contribution in [3.05, 3.63) is 47.1 Å². The Balaban J connectivity index is 2.11. The van der Waals surface area contributed by atoms with Gasteiger partial charge in [0.25, 0.3) is 5.56 Å². The van der Waals surface area contributed by atoms with Crippen molar-refractivity contribution in [1.29, 1.82) is 0 Å². The topological polar surface area (TPSA) is 88.1 Å². The third-order valence-electron chi connectivity index (χ3n) is 3.18. The molecule has 3 aromatic rings. The Kier molecular flexibility index (Phi) is 3.84. The third-order valence-corrected chi connectivity index (χ3v) is 3.18. The van der Waals surface area contributed by atoms with Gasteiger partial charge >= 0.3 is 6.18 Å². The number of nitrogens with one attached hydrogen (secondary N) is 1. The molecule has 2 N–H and O–H groups in total. The summed E-state index contributed by atoms with van der Waals surface area (Å²) in [5.41, 5.74) is 0.0916. The monoisotopic (exact) mass is 337 g/mol. The minimum absolute atomic E-state index is 0.0872. The number of pyridine rings is 1. The molecular weight excluding hydrogens is 327 g/mol. The first-order valence-electron chi connectivity index (χ1n) is 6.70. The van der Waals surface area contributed by atoms with Gasteiger partial charge in [0.2, 0.25) is 5.88 Å². The first kappa shape index (κ1) is 15.8. The average molecular weight is 337 g/mol. The molecule has 0 saturated carbocycles. The quantitative estimate of drug-likeness (QED) is 0.767. The molecule has 0 aliphatic heterocycles. The van der Waals surface area contributed by atoms with Gasteiger partial charge in [0.05, 0.1) is 11.7 Å². The highest BCUT2D eigenvalue weighted by molar-refractivity contribution is 5.89. The number of aromatic nitrogens is 3. The van der Waals surface area contributed by atoms with E-state index in [0.29, 0.717) is 0 Å². The lowest BCUT2D eigenvalue weighted by Crippen LogP contribution is -2.19. The van der Waals surface area contributed by atoms with Crippen LogP contribution in [-0.2, 0) is 0 Å². The number of phenols is 1. The Morgan fingerprint density at radius 2 is 2.04 bits per heavy atom. The van der Waals surface area contributed by atoms with Crippen molar-refractivity contribution in [1.82, 2.24) is 15.0 Å². The minimum atomic E-state index is -4.51. The molecule has 6 nitrogen and oxygen atoms in total. The number of hydrogen-bond donors (Lipinski definition) is 2. The number of H-pyrrole nitrogens is 1. The molecule has 0 fully saturated rings. The largest absolute Gasteiger partial charge is 0.506 e. The smallest absolute Gasteiger partial charge is 0.422 e. The molecule has 3 rings (SSSR count). The van der Waals surface area contributed by atoms with Crippen LogP contribution in [0.1, 0.15) is 0 Å².